The largest absolute Gasteiger partial charge is 0.351 e. The Bertz CT molecular complexity index is 1040. The molecule has 1 N–H and O–H groups in total. The number of likely N-dealkylation sites (N-methyl/N-ethyl adjacent to an activating group) is 1. The second kappa shape index (κ2) is 7.39. The van der Waals surface area contributed by atoms with Crippen molar-refractivity contribution in [3.05, 3.63) is 39.9 Å². The lowest BCUT2D eigenvalue weighted by Crippen LogP contribution is -2.34. The summed E-state index contributed by atoms with van der Waals surface area (Å²) in [6.07, 6.45) is 4.51. The quantitative estimate of drug-likeness (QED) is 0.795. The van der Waals surface area contributed by atoms with Crippen LogP contribution < -0.4 is 10.2 Å². The fourth-order valence-corrected chi connectivity index (χ4v) is 5.66. The monoisotopic (exact) mass is 425 g/mol. The minimum Gasteiger partial charge on any atom is -0.351 e. The highest BCUT2D eigenvalue weighted by molar-refractivity contribution is 7.17. The van der Waals surface area contributed by atoms with Crippen LogP contribution in [0.25, 0.3) is 0 Å². The summed E-state index contributed by atoms with van der Waals surface area (Å²) in [5.41, 5.74) is 2.32. The number of nitrogens with zero attached hydrogens (tertiary/aromatic N) is 4. The van der Waals surface area contributed by atoms with E-state index in [9.17, 15) is 14.4 Å². The van der Waals surface area contributed by atoms with Crippen LogP contribution in [0.5, 0.6) is 0 Å². The van der Waals surface area contributed by atoms with Crippen molar-refractivity contribution in [3.8, 4) is 0 Å². The molecule has 9 heteroatoms. The maximum Gasteiger partial charge on any atom is 0.257 e. The number of hydrogen-bond acceptors (Lipinski definition) is 6. The predicted octanol–water partition coefficient (Wildman–Crippen LogP) is 1.97. The van der Waals surface area contributed by atoms with Crippen molar-refractivity contribution in [1.29, 1.82) is 0 Å². The highest BCUT2D eigenvalue weighted by atomic mass is 32.1. The Morgan fingerprint density at radius 3 is 2.77 bits per heavy atom. The number of fused-ring (bicyclic) bond motifs is 3. The number of nitrogens with one attached hydrogen (secondary N) is 1. The summed E-state index contributed by atoms with van der Waals surface area (Å²) in [5, 5.41) is 3.53. The van der Waals surface area contributed by atoms with Crippen molar-refractivity contribution >= 4 is 39.9 Å². The fraction of sp³-hybridized carbons (Fsp3) is 0.429. The van der Waals surface area contributed by atoms with E-state index in [1.54, 1.807) is 19.3 Å². The zero-order valence-corrected chi connectivity index (χ0v) is 17.6. The highest BCUT2D eigenvalue weighted by Gasteiger charge is 2.33. The summed E-state index contributed by atoms with van der Waals surface area (Å²) in [5.74, 6) is 0.551. The van der Waals surface area contributed by atoms with Gasteiger partial charge in [0.1, 0.15) is 10.8 Å². The van der Waals surface area contributed by atoms with Crippen LogP contribution in [0.2, 0.25) is 0 Å². The van der Waals surface area contributed by atoms with E-state index in [4.69, 9.17) is 0 Å². The number of hydrogen-bond donors (Lipinski definition) is 1. The molecule has 0 saturated carbocycles. The van der Waals surface area contributed by atoms with Gasteiger partial charge in [-0.05, 0) is 37.0 Å². The van der Waals surface area contributed by atoms with Gasteiger partial charge in [-0.2, -0.15) is 0 Å². The second-order valence-corrected chi connectivity index (χ2v) is 9.10. The Hall–Kier alpha value is -2.94. The Balaban J connectivity index is 1.41. The zero-order chi connectivity index (χ0) is 20.8. The van der Waals surface area contributed by atoms with E-state index in [0.717, 1.165) is 42.2 Å². The molecule has 1 fully saturated rings. The number of carbonyl (C=O) groups is 3. The van der Waals surface area contributed by atoms with Crippen molar-refractivity contribution in [2.45, 2.75) is 25.8 Å². The molecule has 0 aliphatic carbocycles. The molecule has 0 radical (unpaired) electrons. The third kappa shape index (κ3) is 3.23. The van der Waals surface area contributed by atoms with Crippen molar-refractivity contribution in [2.75, 3.05) is 43.4 Å². The average Bonchev–Trinajstić information content (AvgIpc) is 3.38. The maximum absolute atomic E-state index is 12.8. The van der Waals surface area contributed by atoms with Crippen LogP contribution in [-0.4, -0.2) is 65.7 Å². The lowest BCUT2D eigenvalue weighted by atomic mass is 10.0. The molecule has 1 saturated heterocycles. The van der Waals surface area contributed by atoms with Gasteiger partial charge in [0.15, 0.2) is 0 Å². The van der Waals surface area contributed by atoms with Crippen LogP contribution in [0.1, 0.15) is 44.0 Å². The van der Waals surface area contributed by atoms with E-state index in [-0.39, 0.29) is 24.3 Å². The molecule has 3 aliphatic rings. The Morgan fingerprint density at radius 1 is 1.17 bits per heavy atom. The van der Waals surface area contributed by atoms with Gasteiger partial charge in [-0.25, -0.2) is 4.98 Å². The Labute approximate surface area is 178 Å². The first-order valence-corrected chi connectivity index (χ1v) is 11.0. The number of anilines is 2. The van der Waals surface area contributed by atoms with Gasteiger partial charge in [-0.15, -0.1) is 11.3 Å². The van der Waals surface area contributed by atoms with E-state index >= 15 is 0 Å². The first-order valence-electron chi connectivity index (χ1n) is 10.2. The SMILES string of the molecule is CN1CC(=O)Nc2sc3c(c2C1=O)CCN(c1cc(C(=O)N2CCCC2)ccn1)C3. The summed E-state index contributed by atoms with van der Waals surface area (Å²) in [6, 6.07) is 3.64. The molecular weight excluding hydrogens is 402 g/mol. The lowest BCUT2D eigenvalue weighted by molar-refractivity contribution is -0.116. The number of aromatic nitrogens is 1. The first kappa shape index (κ1) is 19.0. The molecule has 0 bridgehead atoms. The molecule has 2 aromatic heterocycles. The minimum absolute atomic E-state index is 0.0630. The summed E-state index contributed by atoms with van der Waals surface area (Å²) in [4.78, 5) is 48.6. The fourth-order valence-electron chi connectivity index (χ4n) is 4.38. The number of pyridine rings is 1. The van der Waals surface area contributed by atoms with Crippen LogP contribution in [0.3, 0.4) is 0 Å². The smallest absolute Gasteiger partial charge is 0.257 e. The molecule has 0 atom stereocenters. The number of thiophene rings is 1. The highest BCUT2D eigenvalue weighted by Crippen LogP contribution is 2.39. The average molecular weight is 426 g/mol. The van der Waals surface area contributed by atoms with E-state index in [2.05, 4.69) is 15.2 Å². The molecule has 3 aliphatic heterocycles. The van der Waals surface area contributed by atoms with Crippen LogP contribution in [0, 0.1) is 0 Å². The molecular formula is C21H23N5O3S. The second-order valence-electron chi connectivity index (χ2n) is 7.99. The topological polar surface area (TPSA) is 85.8 Å². The molecule has 0 aromatic carbocycles. The van der Waals surface area contributed by atoms with E-state index in [0.29, 0.717) is 35.6 Å². The molecule has 8 nitrogen and oxygen atoms in total. The zero-order valence-electron chi connectivity index (χ0n) is 16.8. The summed E-state index contributed by atoms with van der Waals surface area (Å²) in [7, 11) is 1.66. The van der Waals surface area contributed by atoms with E-state index in [1.165, 1.54) is 16.2 Å². The molecule has 0 spiro atoms. The molecule has 5 heterocycles. The van der Waals surface area contributed by atoms with Crippen molar-refractivity contribution in [3.63, 3.8) is 0 Å². The predicted molar refractivity (Wildman–Crippen MR) is 114 cm³/mol. The number of carbonyl (C=O) groups excluding carboxylic acids is 3. The van der Waals surface area contributed by atoms with Gasteiger partial charge in [0.2, 0.25) is 5.91 Å². The van der Waals surface area contributed by atoms with E-state index in [1.807, 2.05) is 11.0 Å². The lowest BCUT2D eigenvalue weighted by Gasteiger charge is -2.29. The van der Waals surface area contributed by atoms with Gasteiger partial charge in [0.25, 0.3) is 11.8 Å². The molecule has 30 heavy (non-hydrogen) atoms. The minimum atomic E-state index is -0.171. The Kier molecular flexibility index (Phi) is 4.69. The van der Waals surface area contributed by atoms with Crippen molar-refractivity contribution in [1.82, 2.24) is 14.8 Å². The van der Waals surface area contributed by atoms with Crippen LogP contribution in [0.4, 0.5) is 10.8 Å². The molecule has 5 rings (SSSR count). The van der Waals surface area contributed by atoms with Crippen LogP contribution in [-0.2, 0) is 17.8 Å². The molecule has 2 aromatic rings. The van der Waals surface area contributed by atoms with Crippen LogP contribution in [0.15, 0.2) is 18.3 Å². The van der Waals surface area contributed by atoms with Crippen molar-refractivity contribution < 1.29 is 14.4 Å². The first-order chi connectivity index (χ1) is 14.5. The third-order valence-corrected chi connectivity index (χ3v) is 7.09. The molecule has 3 amide bonds. The maximum atomic E-state index is 12.8. The Morgan fingerprint density at radius 2 is 1.97 bits per heavy atom. The summed E-state index contributed by atoms with van der Waals surface area (Å²) < 4.78 is 0. The third-order valence-electron chi connectivity index (χ3n) is 5.96. The van der Waals surface area contributed by atoms with Gasteiger partial charge in [-0.1, -0.05) is 0 Å². The number of likely N-dealkylation sites (tertiary alicyclic amines) is 1. The normalized spacial score (nSPS) is 18.8. The van der Waals surface area contributed by atoms with Gasteiger partial charge in [0, 0.05) is 43.3 Å². The number of amides is 3. The molecule has 0 unspecified atom stereocenters. The van der Waals surface area contributed by atoms with Crippen LogP contribution >= 0.6 is 11.3 Å². The molecule has 156 valence electrons. The van der Waals surface area contributed by atoms with Crippen molar-refractivity contribution in [2.24, 2.45) is 0 Å². The van der Waals surface area contributed by atoms with Gasteiger partial charge < -0.3 is 20.0 Å². The standard InChI is InChI=1S/C21H23N5O3S/c1-24-12-17(27)23-19-18(21(24)29)14-5-9-26(11-15(14)30-19)16-10-13(4-6-22-16)20(28)25-7-2-3-8-25/h4,6,10H,2-3,5,7-9,11-12H2,1H3,(H,23,27). The van der Waals surface area contributed by atoms with Gasteiger partial charge >= 0.3 is 0 Å². The summed E-state index contributed by atoms with van der Waals surface area (Å²) >= 11 is 1.47. The summed E-state index contributed by atoms with van der Waals surface area (Å²) in [6.45, 7) is 3.02. The van der Waals surface area contributed by atoms with E-state index < -0.39 is 0 Å². The van der Waals surface area contributed by atoms with Gasteiger partial charge in [-0.3, -0.25) is 14.4 Å². The number of rotatable bonds is 2. The van der Waals surface area contributed by atoms with Gasteiger partial charge in [0.05, 0.1) is 18.7 Å².